The normalized spacial score (nSPS) is 15.7. The van der Waals surface area contributed by atoms with Crippen LogP contribution in [0.5, 0.6) is 11.5 Å². The van der Waals surface area contributed by atoms with Crippen LogP contribution >= 0.6 is 0 Å². The number of nitro benzene ring substituents is 1. The fourth-order valence-corrected chi connectivity index (χ4v) is 3.59. The number of anilines is 1. The van der Waals surface area contributed by atoms with Crippen molar-refractivity contribution in [2.45, 2.75) is 25.8 Å². The lowest BCUT2D eigenvalue weighted by Gasteiger charge is -2.16. The van der Waals surface area contributed by atoms with Gasteiger partial charge in [-0.15, -0.1) is 0 Å². The number of hydrogen-bond acceptors (Lipinski definition) is 6. The van der Waals surface area contributed by atoms with E-state index in [1.807, 2.05) is 18.2 Å². The summed E-state index contributed by atoms with van der Waals surface area (Å²) in [6.07, 6.45) is 2.71. The Morgan fingerprint density at radius 3 is 2.55 bits per heavy atom. The van der Waals surface area contributed by atoms with Gasteiger partial charge in [0.2, 0.25) is 0 Å². The summed E-state index contributed by atoms with van der Waals surface area (Å²) < 4.78 is 11.4. The van der Waals surface area contributed by atoms with Gasteiger partial charge in [0.15, 0.2) is 11.5 Å². The van der Waals surface area contributed by atoms with Crippen LogP contribution < -0.4 is 14.8 Å². The van der Waals surface area contributed by atoms with Crippen LogP contribution in [-0.4, -0.2) is 42.0 Å². The second-order valence-electron chi connectivity index (χ2n) is 7.17. The van der Waals surface area contributed by atoms with Crippen LogP contribution in [0.4, 0.5) is 11.4 Å². The molecule has 2 aromatic carbocycles. The molecule has 0 aromatic heterocycles. The van der Waals surface area contributed by atoms with Gasteiger partial charge in [-0.3, -0.25) is 14.9 Å². The van der Waals surface area contributed by atoms with Crippen molar-refractivity contribution in [3.05, 3.63) is 57.6 Å². The average Bonchev–Trinajstić information content (AvgIpc) is 3.17. The number of benzene rings is 2. The summed E-state index contributed by atoms with van der Waals surface area (Å²) in [5.41, 5.74) is 1.61. The molecule has 29 heavy (non-hydrogen) atoms. The first-order valence-corrected chi connectivity index (χ1v) is 9.82. The lowest BCUT2D eigenvalue weighted by molar-refractivity contribution is -0.385. The molecule has 2 aliphatic heterocycles. The predicted molar refractivity (Wildman–Crippen MR) is 108 cm³/mol. The highest BCUT2D eigenvalue weighted by Crippen LogP contribution is 2.31. The van der Waals surface area contributed by atoms with Crippen molar-refractivity contribution < 1.29 is 19.2 Å². The molecule has 0 aliphatic carbocycles. The molecule has 0 spiro atoms. The van der Waals surface area contributed by atoms with E-state index in [1.54, 1.807) is 17.0 Å². The zero-order valence-electron chi connectivity index (χ0n) is 16.1. The molecule has 2 aromatic rings. The third kappa shape index (κ3) is 4.26. The number of hydrogen-bond donors (Lipinski definition) is 1. The van der Waals surface area contributed by atoms with E-state index in [4.69, 9.17) is 9.47 Å². The number of nitro groups is 1. The molecule has 4 rings (SSSR count). The average molecular weight is 397 g/mol. The Morgan fingerprint density at radius 2 is 1.79 bits per heavy atom. The summed E-state index contributed by atoms with van der Waals surface area (Å²) >= 11 is 0. The molecule has 2 heterocycles. The minimum absolute atomic E-state index is 0.126. The Labute approximate surface area is 168 Å². The van der Waals surface area contributed by atoms with Crippen LogP contribution in [0.2, 0.25) is 0 Å². The molecular weight excluding hydrogens is 374 g/mol. The van der Waals surface area contributed by atoms with Crippen LogP contribution in [-0.2, 0) is 6.54 Å². The molecule has 1 fully saturated rings. The lowest BCUT2D eigenvalue weighted by Crippen LogP contribution is -2.28. The molecule has 0 atom stereocenters. The number of ether oxygens (including phenoxy) is 2. The first-order chi connectivity index (χ1) is 14.1. The summed E-state index contributed by atoms with van der Waals surface area (Å²) in [5, 5.41) is 14.6. The summed E-state index contributed by atoms with van der Waals surface area (Å²) in [7, 11) is 0. The molecule has 152 valence electrons. The van der Waals surface area contributed by atoms with E-state index < -0.39 is 4.92 Å². The van der Waals surface area contributed by atoms with Gasteiger partial charge in [0, 0.05) is 37.8 Å². The molecule has 0 bridgehead atoms. The van der Waals surface area contributed by atoms with Gasteiger partial charge in [-0.2, -0.15) is 0 Å². The third-order valence-corrected chi connectivity index (χ3v) is 5.13. The number of likely N-dealkylation sites (tertiary alicyclic amines) is 1. The number of rotatable bonds is 5. The first kappa shape index (κ1) is 19.0. The SMILES string of the molecule is O=C(c1cc(NCc2ccc3c(c2)OCCCO3)ccc1[N+](=O)[O-])N1CCCC1. The Kier molecular flexibility index (Phi) is 5.50. The van der Waals surface area contributed by atoms with Crippen molar-refractivity contribution >= 4 is 17.3 Å². The smallest absolute Gasteiger partial charge is 0.282 e. The number of amides is 1. The fourth-order valence-electron chi connectivity index (χ4n) is 3.59. The monoisotopic (exact) mass is 397 g/mol. The number of nitrogens with one attached hydrogen (secondary N) is 1. The molecule has 8 nitrogen and oxygen atoms in total. The molecule has 1 N–H and O–H groups in total. The maximum atomic E-state index is 12.8. The van der Waals surface area contributed by atoms with Gasteiger partial charge in [0.05, 0.1) is 18.1 Å². The summed E-state index contributed by atoms with van der Waals surface area (Å²) in [4.78, 5) is 25.3. The summed E-state index contributed by atoms with van der Waals surface area (Å²) in [6, 6.07) is 10.3. The summed E-state index contributed by atoms with van der Waals surface area (Å²) in [5.74, 6) is 1.17. The van der Waals surface area contributed by atoms with Gasteiger partial charge in [-0.05, 0) is 42.7 Å². The molecule has 1 saturated heterocycles. The van der Waals surface area contributed by atoms with E-state index in [1.165, 1.54) is 6.07 Å². The second-order valence-corrected chi connectivity index (χ2v) is 7.17. The highest BCUT2D eigenvalue weighted by Gasteiger charge is 2.27. The van der Waals surface area contributed by atoms with Crippen molar-refractivity contribution in [3.63, 3.8) is 0 Å². The molecule has 0 radical (unpaired) electrons. The molecule has 0 unspecified atom stereocenters. The maximum absolute atomic E-state index is 12.8. The van der Waals surface area contributed by atoms with Crippen molar-refractivity contribution in [2.75, 3.05) is 31.6 Å². The lowest BCUT2D eigenvalue weighted by atomic mass is 10.1. The Hall–Kier alpha value is -3.29. The quantitative estimate of drug-likeness (QED) is 0.612. The van der Waals surface area contributed by atoms with Gasteiger partial charge in [0.1, 0.15) is 5.56 Å². The van der Waals surface area contributed by atoms with Gasteiger partial charge in [-0.25, -0.2) is 0 Å². The van der Waals surface area contributed by atoms with Crippen molar-refractivity contribution in [1.82, 2.24) is 4.90 Å². The fraction of sp³-hybridized carbons (Fsp3) is 0.381. The molecule has 8 heteroatoms. The Balaban J connectivity index is 1.51. The number of fused-ring (bicyclic) bond motifs is 1. The van der Waals surface area contributed by atoms with Gasteiger partial charge in [0.25, 0.3) is 11.6 Å². The van der Waals surface area contributed by atoms with Crippen molar-refractivity contribution in [3.8, 4) is 11.5 Å². The van der Waals surface area contributed by atoms with Crippen molar-refractivity contribution in [2.24, 2.45) is 0 Å². The van der Waals surface area contributed by atoms with E-state index >= 15 is 0 Å². The first-order valence-electron chi connectivity index (χ1n) is 9.82. The maximum Gasteiger partial charge on any atom is 0.282 e. The van der Waals surface area contributed by atoms with Crippen LogP contribution in [0.25, 0.3) is 0 Å². The van der Waals surface area contributed by atoms with Crippen LogP contribution in [0.1, 0.15) is 35.2 Å². The van der Waals surface area contributed by atoms with Gasteiger partial charge < -0.3 is 19.7 Å². The largest absolute Gasteiger partial charge is 0.490 e. The van der Waals surface area contributed by atoms with Crippen molar-refractivity contribution in [1.29, 1.82) is 0 Å². The highest BCUT2D eigenvalue weighted by molar-refractivity contribution is 5.99. The molecule has 0 saturated carbocycles. The zero-order chi connectivity index (χ0) is 20.2. The minimum atomic E-state index is -0.503. The number of carbonyl (C=O) groups is 1. The standard InChI is InChI=1S/C21H23N3O5/c25-21(23-8-1-2-9-23)17-13-16(5-6-18(17)24(26)27)22-14-15-4-7-19-20(12-15)29-11-3-10-28-19/h4-7,12-13,22H,1-3,8-11,14H2. The Morgan fingerprint density at radius 1 is 1.03 bits per heavy atom. The molecule has 2 aliphatic rings. The third-order valence-electron chi connectivity index (χ3n) is 5.13. The summed E-state index contributed by atoms with van der Waals surface area (Å²) in [6.45, 7) is 3.04. The van der Waals surface area contributed by atoms with E-state index in [2.05, 4.69) is 5.32 Å². The van der Waals surface area contributed by atoms with Crippen LogP contribution in [0, 0.1) is 10.1 Å². The number of nitrogens with zero attached hydrogens (tertiary/aromatic N) is 2. The van der Waals surface area contributed by atoms with Crippen LogP contribution in [0.15, 0.2) is 36.4 Å². The second kappa shape index (κ2) is 8.38. The minimum Gasteiger partial charge on any atom is -0.490 e. The molecule has 1 amide bonds. The predicted octanol–water partition coefficient (Wildman–Crippen LogP) is 3.60. The number of carbonyl (C=O) groups excluding carboxylic acids is 1. The van der Waals surface area contributed by atoms with Gasteiger partial charge in [-0.1, -0.05) is 6.07 Å². The van der Waals surface area contributed by atoms with E-state index in [0.717, 1.165) is 36.3 Å². The van der Waals surface area contributed by atoms with E-state index in [0.29, 0.717) is 38.5 Å². The highest BCUT2D eigenvalue weighted by atomic mass is 16.6. The van der Waals surface area contributed by atoms with E-state index in [9.17, 15) is 14.9 Å². The van der Waals surface area contributed by atoms with Crippen LogP contribution in [0.3, 0.4) is 0 Å². The van der Waals surface area contributed by atoms with Gasteiger partial charge >= 0.3 is 0 Å². The Bertz CT molecular complexity index is 925. The topological polar surface area (TPSA) is 93.9 Å². The van der Waals surface area contributed by atoms with E-state index in [-0.39, 0.29) is 17.2 Å². The zero-order valence-corrected chi connectivity index (χ0v) is 16.1. The molecular formula is C21H23N3O5.